The van der Waals surface area contributed by atoms with Crippen LogP contribution >= 0.6 is 0 Å². The maximum Gasteiger partial charge on any atom is 0.303 e. The van der Waals surface area contributed by atoms with Crippen LogP contribution in [-0.4, -0.2) is 32.1 Å². The average Bonchev–Trinajstić information content (AvgIpc) is 2.26. The molecule has 0 radical (unpaired) electrons. The lowest BCUT2D eigenvalue weighted by Crippen LogP contribution is -2.41. The first-order chi connectivity index (χ1) is 7.62. The summed E-state index contributed by atoms with van der Waals surface area (Å²) in [5.74, 6) is -0.215. The lowest BCUT2D eigenvalue weighted by molar-refractivity contribution is -0.182. The fourth-order valence-electron chi connectivity index (χ4n) is 2.42. The van der Waals surface area contributed by atoms with Crippen LogP contribution in [0.4, 0.5) is 0 Å². The zero-order valence-electron chi connectivity index (χ0n) is 10.5. The van der Waals surface area contributed by atoms with Crippen molar-refractivity contribution in [2.45, 2.75) is 57.3 Å². The Bertz CT molecular complexity index is 217. The van der Waals surface area contributed by atoms with E-state index in [9.17, 15) is 4.79 Å². The van der Waals surface area contributed by atoms with Gasteiger partial charge in [0.15, 0.2) is 6.29 Å². The van der Waals surface area contributed by atoms with Crippen LogP contribution in [0.5, 0.6) is 0 Å². The van der Waals surface area contributed by atoms with Crippen LogP contribution in [0.15, 0.2) is 0 Å². The molecule has 0 spiro atoms. The molecule has 0 saturated heterocycles. The first-order valence-electron chi connectivity index (χ1n) is 5.87. The van der Waals surface area contributed by atoms with E-state index in [0.717, 1.165) is 25.7 Å². The van der Waals surface area contributed by atoms with Crippen LogP contribution in [-0.2, 0) is 19.0 Å². The summed E-state index contributed by atoms with van der Waals surface area (Å²) in [7, 11) is 3.22. The van der Waals surface area contributed by atoms with Gasteiger partial charge in [0.05, 0.1) is 0 Å². The number of hydrogen-bond acceptors (Lipinski definition) is 4. The third-order valence-electron chi connectivity index (χ3n) is 3.19. The highest BCUT2D eigenvalue weighted by molar-refractivity contribution is 5.66. The van der Waals surface area contributed by atoms with Crippen molar-refractivity contribution in [3.8, 4) is 0 Å². The number of rotatable bonds is 5. The van der Waals surface area contributed by atoms with Crippen LogP contribution in [0.25, 0.3) is 0 Å². The molecule has 0 amide bonds. The Balaban J connectivity index is 2.65. The summed E-state index contributed by atoms with van der Waals surface area (Å²) in [5, 5.41) is 0. The summed E-state index contributed by atoms with van der Waals surface area (Å²) in [5.41, 5.74) is -0.374. The maximum absolute atomic E-state index is 11.2. The number of ether oxygens (including phenoxy) is 3. The molecule has 0 bridgehead atoms. The number of carbonyl (C=O) groups excluding carboxylic acids is 1. The molecule has 1 rings (SSSR count). The molecule has 16 heavy (non-hydrogen) atoms. The lowest BCUT2D eigenvalue weighted by atomic mass is 9.82. The van der Waals surface area contributed by atoms with E-state index in [0.29, 0.717) is 6.42 Å². The third kappa shape index (κ3) is 3.76. The summed E-state index contributed by atoms with van der Waals surface area (Å²) in [6.07, 6.45) is 5.58. The van der Waals surface area contributed by atoms with Crippen LogP contribution in [0.2, 0.25) is 0 Å². The number of esters is 1. The first-order valence-corrected chi connectivity index (χ1v) is 5.87. The SMILES string of the molecule is COC(CC1(OC(C)=O)CCCCC1)OC. The molecule has 0 aromatic heterocycles. The topological polar surface area (TPSA) is 44.8 Å². The molecule has 4 nitrogen and oxygen atoms in total. The Hall–Kier alpha value is -0.610. The molecule has 0 aromatic carbocycles. The van der Waals surface area contributed by atoms with Gasteiger partial charge in [0.1, 0.15) is 5.60 Å². The highest BCUT2D eigenvalue weighted by atomic mass is 16.7. The van der Waals surface area contributed by atoms with Crippen LogP contribution < -0.4 is 0 Å². The summed E-state index contributed by atoms with van der Waals surface area (Å²) < 4.78 is 15.9. The van der Waals surface area contributed by atoms with Gasteiger partial charge in [-0.3, -0.25) is 4.79 Å². The minimum Gasteiger partial charge on any atom is -0.459 e. The van der Waals surface area contributed by atoms with E-state index in [1.165, 1.54) is 13.3 Å². The molecule has 1 aliphatic rings. The van der Waals surface area contributed by atoms with Gasteiger partial charge in [-0.15, -0.1) is 0 Å². The van der Waals surface area contributed by atoms with Crippen molar-refractivity contribution < 1.29 is 19.0 Å². The molecule has 0 heterocycles. The van der Waals surface area contributed by atoms with Gasteiger partial charge in [-0.25, -0.2) is 0 Å². The molecule has 1 aliphatic carbocycles. The van der Waals surface area contributed by atoms with Gasteiger partial charge in [-0.1, -0.05) is 6.42 Å². The fourth-order valence-corrected chi connectivity index (χ4v) is 2.42. The smallest absolute Gasteiger partial charge is 0.303 e. The van der Waals surface area contributed by atoms with Crippen LogP contribution in [0.1, 0.15) is 45.4 Å². The molecule has 0 atom stereocenters. The Kier molecular flexibility index (Phi) is 5.22. The Morgan fingerprint density at radius 1 is 1.19 bits per heavy atom. The van der Waals surface area contributed by atoms with Crippen molar-refractivity contribution in [3.05, 3.63) is 0 Å². The molecule has 0 unspecified atom stereocenters. The van der Waals surface area contributed by atoms with Gasteiger partial charge in [-0.05, 0) is 25.7 Å². The summed E-state index contributed by atoms with van der Waals surface area (Å²) in [4.78, 5) is 11.2. The second-order valence-electron chi connectivity index (χ2n) is 4.44. The highest BCUT2D eigenvalue weighted by Gasteiger charge is 2.37. The predicted molar refractivity (Wildman–Crippen MR) is 60.0 cm³/mol. The Labute approximate surface area is 97.2 Å². The van der Waals surface area contributed by atoms with Crippen molar-refractivity contribution in [2.24, 2.45) is 0 Å². The molecule has 94 valence electrons. The van der Waals surface area contributed by atoms with Gasteiger partial charge < -0.3 is 14.2 Å². The van der Waals surface area contributed by atoms with Gasteiger partial charge in [0.25, 0.3) is 0 Å². The van der Waals surface area contributed by atoms with Crippen molar-refractivity contribution in [3.63, 3.8) is 0 Å². The van der Waals surface area contributed by atoms with Gasteiger partial charge in [0.2, 0.25) is 0 Å². The van der Waals surface area contributed by atoms with E-state index < -0.39 is 0 Å². The maximum atomic E-state index is 11.2. The van der Waals surface area contributed by atoms with E-state index in [1.54, 1.807) is 14.2 Å². The van der Waals surface area contributed by atoms with E-state index in [2.05, 4.69) is 0 Å². The van der Waals surface area contributed by atoms with E-state index in [4.69, 9.17) is 14.2 Å². The van der Waals surface area contributed by atoms with Gasteiger partial charge in [0, 0.05) is 27.6 Å². The third-order valence-corrected chi connectivity index (χ3v) is 3.19. The van der Waals surface area contributed by atoms with Crippen molar-refractivity contribution in [1.82, 2.24) is 0 Å². The molecule has 0 aromatic rings. The van der Waals surface area contributed by atoms with Crippen LogP contribution in [0, 0.1) is 0 Å². The van der Waals surface area contributed by atoms with E-state index in [1.807, 2.05) is 0 Å². The quantitative estimate of drug-likeness (QED) is 0.537. The van der Waals surface area contributed by atoms with Gasteiger partial charge >= 0.3 is 5.97 Å². The monoisotopic (exact) mass is 230 g/mol. The second-order valence-corrected chi connectivity index (χ2v) is 4.44. The molecule has 0 N–H and O–H groups in total. The van der Waals surface area contributed by atoms with Crippen molar-refractivity contribution >= 4 is 5.97 Å². The zero-order valence-corrected chi connectivity index (χ0v) is 10.5. The predicted octanol–water partition coefficient (Wildman–Crippen LogP) is 2.26. The largest absolute Gasteiger partial charge is 0.459 e. The molecular weight excluding hydrogens is 208 g/mol. The standard InChI is InChI=1S/C12H22O4/c1-10(13)16-12(7-5-4-6-8-12)9-11(14-2)15-3/h11H,4-9H2,1-3H3. The van der Waals surface area contributed by atoms with Crippen molar-refractivity contribution in [1.29, 1.82) is 0 Å². The zero-order chi connectivity index (χ0) is 12.0. The highest BCUT2D eigenvalue weighted by Crippen LogP contribution is 2.36. The molecular formula is C12H22O4. The Morgan fingerprint density at radius 2 is 1.75 bits per heavy atom. The number of carbonyl (C=O) groups is 1. The van der Waals surface area contributed by atoms with E-state index in [-0.39, 0.29) is 17.9 Å². The van der Waals surface area contributed by atoms with Gasteiger partial charge in [-0.2, -0.15) is 0 Å². The summed E-state index contributed by atoms with van der Waals surface area (Å²) in [6.45, 7) is 1.46. The Morgan fingerprint density at radius 3 is 2.19 bits per heavy atom. The number of hydrogen-bond donors (Lipinski definition) is 0. The molecule has 0 aliphatic heterocycles. The van der Waals surface area contributed by atoms with Crippen LogP contribution in [0.3, 0.4) is 0 Å². The normalized spacial score (nSPS) is 19.8. The lowest BCUT2D eigenvalue weighted by Gasteiger charge is -2.38. The molecule has 4 heteroatoms. The van der Waals surface area contributed by atoms with Crippen molar-refractivity contribution in [2.75, 3.05) is 14.2 Å². The molecule has 1 saturated carbocycles. The fraction of sp³-hybridized carbons (Fsp3) is 0.917. The average molecular weight is 230 g/mol. The minimum atomic E-state index is -0.374. The molecule has 1 fully saturated rings. The first kappa shape index (κ1) is 13.5. The second kappa shape index (κ2) is 6.21. The van der Waals surface area contributed by atoms with E-state index >= 15 is 0 Å². The summed E-state index contributed by atoms with van der Waals surface area (Å²) in [6, 6.07) is 0. The summed E-state index contributed by atoms with van der Waals surface area (Å²) >= 11 is 0. The minimum absolute atomic E-state index is 0.215. The number of methoxy groups -OCH3 is 2.